The SMILES string of the molecule is Cc1ccc(-c2cc(C(=O)Nc3ccc(C)cc3F)[nH]n2)cc1. The molecule has 5 heteroatoms. The molecule has 0 saturated heterocycles. The van der Waals surface area contributed by atoms with Crippen LogP contribution < -0.4 is 5.32 Å². The molecule has 0 saturated carbocycles. The number of H-pyrrole nitrogens is 1. The van der Waals surface area contributed by atoms with Crippen LogP contribution in [-0.4, -0.2) is 16.1 Å². The average molecular weight is 309 g/mol. The van der Waals surface area contributed by atoms with E-state index in [4.69, 9.17) is 0 Å². The quantitative estimate of drug-likeness (QED) is 0.765. The van der Waals surface area contributed by atoms with E-state index in [2.05, 4.69) is 15.5 Å². The number of aryl methyl sites for hydroxylation is 2. The summed E-state index contributed by atoms with van der Waals surface area (Å²) in [6.07, 6.45) is 0. The zero-order chi connectivity index (χ0) is 16.4. The summed E-state index contributed by atoms with van der Waals surface area (Å²) in [4.78, 5) is 12.2. The lowest BCUT2D eigenvalue weighted by molar-refractivity contribution is 0.102. The first kappa shape index (κ1) is 15.0. The molecule has 4 nitrogen and oxygen atoms in total. The number of aromatic nitrogens is 2. The maximum absolute atomic E-state index is 13.8. The van der Waals surface area contributed by atoms with Crippen molar-refractivity contribution < 1.29 is 9.18 Å². The molecule has 2 N–H and O–H groups in total. The van der Waals surface area contributed by atoms with E-state index in [1.165, 1.54) is 6.07 Å². The van der Waals surface area contributed by atoms with Gasteiger partial charge in [-0.05, 0) is 37.6 Å². The van der Waals surface area contributed by atoms with E-state index in [9.17, 15) is 9.18 Å². The minimum Gasteiger partial charge on any atom is -0.318 e. The Morgan fingerprint density at radius 1 is 1.04 bits per heavy atom. The standard InChI is InChI=1S/C18H16FN3O/c1-11-3-6-13(7-4-11)16-10-17(22-21-16)18(23)20-15-8-5-12(2)9-14(15)19/h3-10H,1-2H3,(H,20,23)(H,21,22). The van der Waals surface area contributed by atoms with Gasteiger partial charge in [0, 0.05) is 5.56 Å². The van der Waals surface area contributed by atoms with E-state index in [0.717, 1.165) is 16.7 Å². The van der Waals surface area contributed by atoms with Gasteiger partial charge in [-0.15, -0.1) is 0 Å². The number of nitrogens with zero attached hydrogens (tertiary/aromatic N) is 1. The molecule has 0 aliphatic heterocycles. The van der Waals surface area contributed by atoms with Gasteiger partial charge >= 0.3 is 0 Å². The smallest absolute Gasteiger partial charge is 0.273 e. The van der Waals surface area contributed by atoms with Gasteiger partial charge < -0.3 is 5.32 Å². The maximum Gasteiger partial charge on any atom is 0.273 e. The lowest BCUT2D eigenvalue weighted by Gasteiger charge is -2.05. The first-order valence-corrected chi connectivity index (χ1v) is 7.23. The summed E-state index contributed by atoms with van der Waals surface area (Å²) in [5.74, 6) is -0.893. The fourth-order valence-corrected chi connectivity index (χ4v) is 2.22. The second-order valence-electron chi connectivity index (χ2n) is 5.47. The highest BCUT2D eigenvalue weighted by Gasteiger charge is 2.13. The molecule has 3 aromatic rings. The number of amides is 1. The number of hydrogen-bond donors (Lipinski definition) is 2. The predicted octanol–water partition coefficient (Wildman–Crippen LogP) is 4.08. The lowest BCUT2D eigenvalue weighted by atomic mass is 10.1. The monoisotopic (exact) mass is 309 g/mol. The Kier molecular flexibility index (Phi) is 3.93. The highest BCUT2D eigenvalue weighted by Crippen LogP contribution is 2.20. The summed E-state index contributed by atoms with van der Waals surface area (Å²) in [5, 5.41) is 9.36. The van der Waals surface area contributed by atoms with E-state index in [1.54, 1.807) is 25.1 Å². The third-order valence-corrected chi connectivity index (χ3v) is 3.54. The number of carbonyl (C=O) groups excluding carboxylic acids is 1. The molecule has 1 amide bonds. The first-order chi connectivity index (χ1) is 11.0. The number of aromatic amines is 1. The Morgan fingerprint density at radius 2 is 1.74 bits per heavy atom. The fourth-order valence-electron chi connectivity index (χ4n) is 2.22. The molecule has 3 rings (SSSR count). The van der Waals surface area contributed by atoms with Crippen molar-refractivity contribution in [2.75, 3.05) is 5.32 Å². The van der Waals surface area contributed by atoms with Crippen LogP contribution in [0.5, 0.6) is 0 Å². The van der Waals surface area contributed by atoms with E-state index in [-0.39, 0.29) is 11.4 Å². The van der Waals surface area contributed by atoms with Gasteiger partial charge in [-0.2, -0.15) is 5.10 Å². The molecular weight excluding hydrogens is 293 g/mol. The van der Waals surface area contributed by atoms with Crippen LogP contribution >= 0.6 is 0 Å². The molecule has 0 radical (unpaired) electrons. The lowest BCUT2D eigenvalue weighted by Crippen LogP contribution is -2.13. The maximum atomic E-state index is 13.8. The highest BCUT2D eigenvalue weighted by molar-refractivity contribution is 6.03. The molecule has 0 fully saturated rings. The van der Waals surface area contributed by atoms with Crippen LogP contribution in [0.2, 0.25) is 0 Å². The van der Waals surface area contributed by atoms with Gasteiger partial charge in [-0.1, -0.05) is 35.9 Å². The third kappa shape index (κ3) is 3.29. The molecule has 1 aromatic heterocycles. The van der Waals surface area contributed by atoms with Crippen molar-refractivity contribution in [3.8, 4) is 11.3 Å². The van der Waals surface area contributed by atoms with Crippen LogP contribution in [0.15, 0.2) is 48.5 Å². The van der Waals surface area contributed by atoms with Gasteiger partial charge in [0.25, 0.3) is 5.91 Å². The van der Waals surface area contributed by atoms with Crippen molar-refractivity contribution in [1.82, 2.24) is 10.2 Å². The molecular formula is C18H16FN3O. The van der Waals surface area contributed by atoms with Gasteiger partial charge in [-0.25, -0.2) is 4.39 Å². The summed E-state index contributed by atoms with van der Waals surface area (Å²) in [6.45, 7) is 3.79. The Labute approximate surface area is 133 Å². The zero-order valence-corrected chi connectivity index (χ0v) is 12.9. The molecule has 1 heterocycles. The van der Waals surface area contributed by atoms with E-state index in [0.29, 0.717) is 5.69 Å². The van der Waals surface area contributed by atoms with E-state index in [1.807, 2.05) is 31.2 Å². The fraction of sp³-hybridized carbons (Fsp3) is 0.111. The van der Waals surface area contributed by atoms with Gasteiger partial charge in [0.05, 0.1) is 11.4 Å². The number of carbonyl (C=O) groups is 1. The number of hydrogen-bond acceptors (Lipinski definition) is 2. The van der Waals surface area contributed by atoms with Gasteiger partial charge in [0.2, 0.25) is 0 Å². The van der Waals surface area contributed by atoms with Crippen molar-refractivity contribution in [2.45, 2.75) is 13.8 Å². The van der Waals surface area contributed by atoms with Gasteiger partial charge in [0.15, 0.2) is 0 Å². The van der Waals surface area contributed by atoms with E-state index >= 15 is 0 Å². The Morgan fingerprint density at radius 3 is 2.43 bits per heavy atom. The second kappa shape index (κ2) is 6.04. The van der Waals surface area contributed by atoms with Crippen LogP contribution in [0, 0.1) is 19.7 Å². The molecule has 2 aromatic carbocycles. The molecule has 0 bridgehead atoms. The number of rotatable bonds is 3. The van der Waals surface area contributed by atoms with Crippen LogP contribution in [0.4, 0.5) is 10.1 Å². The summed E-state index contributed by atoms with van der Waals surface area (Å²) in [6, 6.07) is 14.1. The van der Waals surface area contributed by atoms with Crippen LogP contribution in [0.3, 0.4) is 0 Å². The Bertz CT molecular complexity index is 853. The van der Waals surface area contributed by atoms with Crippen molar-refractivity contribution in [1.29, 1.82) is 0 Å². The average Bonchev–Trinajstić information content (AvgIpc) is 3.01. The largest absolute Gasteiger partial charge is 0.318 e. The predicted molar refractivity (Wildman–Crippen MR) is 87.9 cm³/mol. The summed E-state index contributed by atoms with van der Waals surface area (Å²) < 4.78 is 13.8. The molecule has 23 heavy (non-hydrogen) atoms. The van der Waals surface area contributed by atoms with Crippen LogP contribution in [-0.2, 0) is 0 Å². The highest BCUT2D eigenvalue weighted by atomic mass is 19.1. The molecule has 0 spiro atoms. The number of anilines is 1. The summed E-state index contributed by atoms with van der Waals surface area (Å²) >= 11 is 0. The van der Waals surface area contributed by atoms with Crippen molar-refractivity contribution in [2.24, 2.45) is 0 Å². The minimum atomic E-state index is -0.461. The molecule has 116 valence electrons. The normalized spacial score (nSPS) is 10.6. The second-order valence-corrected chi connectivity index (χ2v) is 5.47. The van der Waals surface area contributed by atoms with Gasteiger partial charge in [-0.3, -0.25) is 9.89 Å². The number of benzene rings is 2. The van der Waals surface area contributed by atoms with Crippen LogP contribution in [0.1, 0.15) is 21.6 Å². The van der Waals surface area contributed by atoms with Crippen molar-refractivity contribution in [3.63, 3.8) is 0 Å². The first-order valence-electron chi connectivity index (χ1n) is 7.23. The van der Waals surface area contributed by atoms with Crippen LogP contribution in [0.25, 0.3) is 11.3 Å². The van der Waals surface area contributed by atoms with E-state index < -0.39 is 11.7 Å². The molecule has 0 aliphatic rings. The topological polar surface area (TPSA) is 57.8 Å². The van der Waals surface area contributed by atoms with Crippen molar-refractivity contribution >= 4 is 11.6 Å². The molecule has 0 aliphatic carbocycles. The molecule has 0 unspecified atom stereocenters. The Balaban J connectivity index is 1.79. The van der Waals surface area contributed by atoms with Crippen molar-refractivity contribution in [3.05, 3.63) is 71.2 Å². The minimum absolute atomic E-state index is 0.145. The number of halogens is 1. The summed E-state index contributed by atoms with van der Waals surface area (Å²) in [5.41, 5.74) is 3.94. The number of nitrogens with one attached hydrogen (secondary N) is 2. The van der Waals surface area contributed by atoms with Gasteiger partial charge in [0.1, 0.15) is 11.5 Å². The third-order valence-electron chi connectivity index (χ3n) is 3.54. The Hall–Kier alpha value is -2.95. The molecule has 0 atom stereocenters. The summed E-state index contributed by atoms with van der Waals surface area (Å²) in [7, 11) is 0. The zero-order valence-electron chi connectivity index (χ0n) is 12.9.